The van der Waals surface area contributed by atoms with E-state index in [1.165, 1.54) is 18.3 Å². The topological polar surface area (TPSA) is 134 Å². The average Bonchev–Trinajstić information content (AvgIpc) is 2.84. The van der Waals surface area contributed by atoms with Gasteiger partial charge >= 0.3 is 0 Å². The molecule has 1 aliphatic rings. The highest BCUT2D eigenvalue weighted by Crippen LogP contribution is 2.15. The molecule has 0 radical (unpaired) electrons. The number of aromatic nitrogens is 2. The summed E-state index contributed by atoms with van der Waals surface area (Å²) in [4.78, 5) is 33.8. The fraction of sp³-hybridized carbons (Fsp3) is 0.500. The summed E-state index contributed by atoms with van der Waals surface area (Å²) in [5.74, 6) is 0.0718. The molecule has 1 aromatic heterocycles. The van der Waals surface area contributed by atoms with Crippen LogP contribution < -0.4 is 27.0 Å². The molecule has 2 amide bonds. The van der Waals surface area contributed by atoms with Gasteiger partial charge in [0.25, 0.3) is 5.91 Å². The van der Waals surface area contributed by atoms with Gasteiger partial charge in [-0.3, -0.25) is 9.59 Å². The van der Waals surface area contributed by atoms with Crippen molar-refractivity contribution in [3.63, 3.8) is 0 Å². The predicted molar refractivity (Wildman–Crippen MR) is 130 cm³/mol. The number of nitrogens with two attached hydrogens (primary N) is 1. The highest BCUT2D eigenvalue weighted by molar-refractivity contribution is 5.98. The van der Waals surface area contributed by atoms with Crippen molar-refractivity contribution in [1.82, 2.24) is 20.6 Å². The standard InChI is InChI=1S/C24H34FN7O2/c25-18-10-8-17(9-11-18)15-30-22(33)19-16-31-24-29-13-5-3-1-2-4-12-28-23(34)20(26)7-6-14-27-21(19)32-24/h8-11,16,20H,1-7,12-15,26H2,(H,28,34)(H,30,33)(H2,27,29,31,32). The first kappa shape index (κ1) is 25.4. The van der Waals surface area contributed by atoms with Gasteiger partial charge < -0.3 is 27.0 Å². The summed E-state index contributed by atoms with van der Waals surface area (Å²) >= 11 is 0. The average molecular weight is 472 g/mol. The fourth-order valence-corrected chi connectivity index (χ4v) is 3.63. The molecule has 0 spiro atoms. The van der Waals surface area contributed by atoms with Gasteiger partial charge in [0.2, 0.25) is 11.9 Å². The number of hydrogen-bond acceptors (Lipinski definition) is 7. The van der Waals surface area contributed by atoms with Gasteiger partial charge in [0.15, 0.2) is 0 Å². The Kier molecular flexibility index (Phi) is 10.0. The van der Waals surface area contributed by atoms with Gasteiger partial charge in [-0.1, -0.05) is 31.4 Å². The Bertz CT molecular complexity index is 939. The Labute approximate surface area is 199 Å². The van der Waals surface area contributed by atoms with Gasteiger partial charge in [0, 0.05) is 32.4 Å². The Balaban J connectivity index is 1.66. The summed E-state index contributed by atoms with van der Waals surface area (Å²) < 4.78 is 13.1. The van der Waals surface area contributed by atoms with Gasteiger partial charge in [-0.25, -0.2) is 9.37 Å². The lowest BCUT2D eigenvalue weighted by molar-refractivity contribution is -0.122. The Morgan fingerprint density at radius 3 is 2.44 bits per heavy atom. The minimum Gasteiger partial charge on any atom is -0.369 e. The molecule has 10 heteroatoms. The smallest absolute Gasteiger partial charge is 0.256 e. The molecule has 184 valence electrons. The van der Waals surface area contributed by atoms with Crippen LogP contribution in [0.3, 0.4) is 0 Å². The van der Waals surface area contributed by atoms with Crippen molar-refractivity contribution in [2.45, 2.75) is 57.5 Å². The maximum Gasteiger partial charge on any atom is 0.256 e. The van der Waals surface area contributed by atoms with E-state index in [-0.39, 0.29) is 24.2 Å². The van der Waals surface area contributed by atoms with Crippen LogP contribution >= 0.6 is 0 Å². The molecule has 0 saturated carbocycles. The summed E-state index contributed by atoms with van der Waals surface area (Å²) in [5.41, 5.74) is 7.10. The number of hydrogen-bond donors (Lipinski definition) is 5. The van der Waals surface area contributed by atoms with Crippen molar-refractivity contribution >= 4 is 23.6 Å². The lowest BCUT2D eigenvalue weighted by Gasteiger charge is -2.15. The molecule has 0 fully saturated rings. The number of carbonyl (C=O) groups is 2. The van der Waals surface area contributed by atoms with Gasteiger partial charge in [0.05, 0.1) is 6.04 Å². The van der Waals surface area contributed by atoms with Crippen LogP contribution in [0.4, 0.5) is 16.2 Å². The zero-order valence-electron chi connectivity index (χ0n) is 19.4. The zero-order valence-corrected chi connectivity index (χ0v) is 19.4. The molecule has 1 unspecified atom stereocenters. The first-order chi connectivity index (χ1) is 16.5. The van der Waals surface area contributed by atoms with E-state index in [1.807, 2.05) is 0 Å². The van der Waals surface area contributed by atoms with E-state index in [4.69, 9.17) is 5.73 Å². The van der Waals surface area contributed by atoms with E-state index in [0.29, 0.717) is 43.3 Å². The van der Waals surface area contributed by atoms with Crippen LogP contribution in [0.5, 0.6) is 0 Å². The van der Waals surface area contributed by atoms with Crippen molar-refractivity contribution in [1.29, 1.82) is 0 Å². The van der Waals surface area contributed by atoms with Gasteiger partial charge in [-0.2, -0.15) is 4.98 Å². The molecular weight excluding hydrogens is 437 g/mol. The lowest BCUT2D eigenvalue weighted by atomic mass is 10.1. The van der Waals surface area contributed by atoms with E-state index in [0.717, 1.165) is 44.2 Å². The van der Waals surface area contributed by atoms with Crippen LogP contribution in [-0.2, 0) is 11.3 Å². The number of rotatable bonds is 3. The Morgan fingerprint density at radius 1 is 1.00 bits per heavy atom. The number of amides is 2. The third-order valence-corrected chi connectivity index (χ3v) is 5.66. The van der Waals surface area contributed by atoms with Crippen molar-refractivity contribution < 1.29 is 14.0 Å². The quantitative estimate of drug-likeness (QED) is 0.464. The molecule has 34 heavy (non-hydrogen) atoms. The number of carbonyl (C=O) groups excluding carboxylic acids is 2. The molecule has 0 saturated heterocycles. The van der Waals surface area contributed by atoms with Crippen LogP contribution in [0.25, 0.3) is 0 Å². The number of nitrogens with one attached hydrogen (secondary N) is 4. The number of fused-ring (bicyclic) bond motifs is 2. The molecule has 9 nitrogen and oxygen atoms in total. The van der Waals surface area contributed by atoms with E-state index in [2.05, 4.69) is 31.2 Å². The van der Waals surface area contributed by atoms with Crippen LogP contribution in [0.1, 0.15) is 60.9 Å². The van der Waals surface area contributed by atoms with Crippen LogP contribution in [0, 0.1) is 5.82 Å². The molecule has 2 aromatic rings. The van der Waals surface area contributed by atoms with Crippen LogP contribution in [-0.4, -0.2) is 47.5 Å². The zero-order chi connectivity index (χ0) is 24.2. The molecule has 1 aliphatic heterocycles. The third-order valence-electron chi connectivity index (χ3n) is 5.66. The van der Waals surface area contributed by atoms with Gasteiger partial charge in [-0.05, 0) is 43.4 Å². The number of halogens is 1. The Morgan fingerprint density at radius 2 is 1.68 bits per heavy atom. The maximum absolute atomic E-state index is 13.1. The second kappa shape index (κ2) is 13.4. The van der Waals surface area contributed by atoms with Crippen molar-refractivity contribution in [2.75, 3.05) is 30.3 Å². The number of nitrogens with zero attached hydrogens (tertiary/aromatic N) is 2. The first-order valence-corrected chi connectivity index (χ1v) is 11.9. The van der Waals surface area contributed by atoms with Crippen molar-refractivity contribution in [2.24, 2.45) is 5.73 Å². The monoisotopic (exact) mass is 471 g/mol. The van der Waals surface area contributed by atoms with Crippen LogP contribution in [0.2, 0.25) is 0 Å². The molecule has 0 aliphatic carbocycles. The van der Waals surface area contributed by atoms with E-state index in [1.54, 1.807) is 12.1 Å². The minimum absolute atomic E-state index is 0.129. The first-order valence-electron chi connectivity index (χ1n) is 11.9. The minimum atomic E-state index is -0.568. The predicted octanol–water partition coefficient (Wildman–Crippen LogP) is 2.56. The molecule has 1 atom stereocenters. The van der Waals surface area contributed by atoms with Gasteiger partial charge in [-0.15, -0.1) is 0 Å². The van der Waals surface area contributed by atoms with E-state index in [9.17, 15) is 14.0 Å². The molecule has 1 aromatic carbocycles. The number of benzene rings is 1. The molecule has 2 bridgehead atoms. The third kappa shape index (κ3) is 8.26. The largest absolute Gasteiger partial charge is 0.369 e. The molecular formula is C24H34FN7O2. The normalized spacial score (nSPS) is 18.4. The highest BCUT2D eigenvalue weighted by Gasteiger charge is 2.16. The summed E-state index contributed by atoms with van der Waals surface area (Å²) in [7, 11) is 0. The molecule has 2 heterocycles. The van der Waals surface area contributed by atoms with E-state index < -0.39 is 6.04 Å². The Hall–Kier alpha value is -3.27. The summed E-state index contributed by atoms with van der Waals surface area (Å²) in [5, 5.41) is 12.1. The van der Waals surface area contributed by atoms with E-state index >= 15 is 0 Å². The second-order valence-electron chi connectivity index (χ2n) is 8.43. The molecule has 6 N–H and O–H groups in total. The summed E-state index contributed by atoms with van der Waals surface area (Å²) in [6.45, 7) is 2.14. The number of anilines is 2. The fourth-order valence-electron chi connectivity index (χ4n) is 3.63. The SMILES string of the molecule is NC1CCCNc2nc(ncc2C(=O)NCc2ccc(F)cc2)NCCCCCCCNC1=O. The second-order valence-corrected chi connectivity index (χ2v) is 8.43. The van der Waals surface area contributed by atoms with Crippen molar-refractivity contribution in [3.8, 4) is 0 Å². The summed E-state index contributed by atoms with van der Waals surface area (Å²) in [6.07, 6.45) is 7.78. The lowest BCUT2D eigenvalue weighted by Crippen LogP contribution is -2.41. The molecule has 3 rings (SSSR count). The summed E-state index contributed by atoms with van der Waals surface area (Å²) in [6, 6.07) is 5.38. The maximum atomic E-state index is 13.1. The van der Waals surface area contributed by atoms with Crippen molar-refractivity contribution in [3.05, 3.63) is 47.4 Å². The highest BCUT2D eigenvalue weighted by atomic mass is 19.1. The van der Waals surface area contributed by atoms with Gasteiger partial charge in [0.1, 0.15) is 17.2 Å². The van der Waals surface area contributed by atoms with Crippen LogP contribution in [0.15, 0.2) is 30.5 Å².